The Balaban J connectivity index is 1.38. The molecule has 2 aromatic heterocycles. The average Bonchev–Trinajstić information content (AvgIpc) is 3.26. The van der Waals surface area contributed by atoms with Gasteiger partial charge in [-0.1, -0.05) is 99.1 Å². The van der Waals surface area contributed by atoms with Crippen LogP contribution in [0.5, 0.6) is 0 Å². The van der Waals surface area contributed by atoms with E-state index in [4.69, 9.17) is 10.5 Å². The van der Waals surface area contributed by atoms with E-state index >= 15 is 0 Å². The molecular weight excluding hydrogens is 497 g/mol. The second-order valence-electron chi connectivity index (χ2n) is 9.27. The molecule has 0 aliphatic carbocycles. The van der Waals surface area contributed by atoms with Crippen molar-refractivity contribution in [3.05, 3.63) is 12.7 Å². The molecule has 0 spiro atoms. The molecule has 2 rings (SSSR count). The fraction of sp³-hybridized carbons (Fsp3) is 0.800. The number of anilines is 1. The molecule has 1 unspecified atom stereocenters. The van der Waals surface area contributed by atoms with Crippen molar-refractivity contribution >= 4 is 46.4 Å². The summed E-state index contributed by atoms with van der Waals surface area (Å²) in [6.07, 6.45) is 20.8. The van der Waals surface area contributed by atoms with Crippen LogP contribution in [-0.2, 0) is 15.8 Å². The van der Waals surface area contributed by atoms with Gasteiger partial charge in [0.25, 0.3) is 0 Å². The van der Waals surface area contributed by atoms with Gasteiger partial charge in [0.05, 0.1) is 25.3 Å². The molecule has 0 saturated heterocycles. The number of nitrogens with two attached hydrogens (primary N) is 1. The zero-order chi connectivity index (χ0) is 25.1. The zero-order valence-corrected chi connectivity index (χ0v) is 24.4. The molecule has 200 valence electrons. The predicted octanol–water partition coefficient (Wildman–Crippen LogP) is 7.41. The molecule has 0 saturated carbocycles. The van der Waals surface area contributed by atoms with Crippen LogP contribution in [0.1, 0.15) is 90.9 Å². The standard InChI is InChI=1S/C25H46N5O2PS2/c1-3-4-5-6-7-8-9-10-11-12-13-14-16-34-35-17-15-33(31)21-32-22(2)18-30-20-29-23-24(26)27-19-28-25(23)30/h19-20,22,33H,3-18,21H2,1-2H3,(H2,26,27,28)/t22-/m1/s1. The lowest BCUT2D eigenvalue weighted by molar-refractivity contribution is 0.0881. The minimum absolute atomic E-state index is 0.0784. The first-order chi connectivity index (χ1) is 17.1. The summed E-state index contributed by atoms with van der Waals surface area (Å²) in [4.78, 5) is 12.5. The number of fused-ring (bicyclic) bond motifs is 1. The molecule has 0 fully saturated rings. The highest BCUT2D eigenvalue weighted by molar-refractivity contribution is 8.76. The summed E-state index contributed by atoms with van der Waals surface area (Å²) in [5.74, 6) is 2.51. The normalized spacial score (nSPS) is 13.4. The summed E-state index contributed by atoms with van der Waals surface area (Å²) in [7, 11) is 2.07. The van der Waals surface area contributed by atoms with Gasteiger partial charge in [0, 0.05) is 17.7 Å². The molecule has 35 heavy (non-hydrogen) atoms. The number of unbranched alkanes of at least 4 members (excludes halogenated alkanes) is 11. The van der Waals surface area contributed by atoms with E-state index in [-0.39, 0.29) is 6.10 Å². The Morgan fingerprint density at radius 3 is 2.26 bits per heavy atom. The second-order valence-corrected chi connectivity index (χ2v) is 13.8. The van der Waals surface area contributed by atoms with Gasteiger partial charge < -0.3 is 19.6 Å². The highest BCUT2D eigenvalue weighted by Gasteiger charge is 2.12. The Labute approximate surface area is 220 Å². The van der Waals surface area contributed by atoms with E-state index in [9.17, 15) is 4.57 Å². The van der Waals surface area contributed by atoms with Gasteiger partial charge in [-0.15, -0.1) is 0 Å². The Bertz CT molecular complexity index is 839. The van der Waals surface area contributed by atoms with E-state index < -0.39 is 7.80 Å². The Morgan fingerprint density at radius 1 is 0.943 bits per heavy atom. The topological polar surface area (TPSA) is 95.9 Å². The molecular formula is C25H46N5O2PS2. The van der Waals surface area contributed by atoms with Gasteiger partial charge in [-0.3, -0.25) is 0 Å². The minimum atomic E-state index is -1.71. The highest BCUT2D eigenvalue weighted by Crippen LogP contribution is 2.29. The lowest BCUT2D eigenvalue weighted by Crippen LogP contribution is -2.16. The minimum Gasteiger partial charge on any atom is -0.382 e. The summed E-state index contributed by atoms with van der Waals surface area (Å²) in [5.41, 5.74) is 7.13. The smallest absolute Gasteiger partial charge is 0.165 e. The molecule has 7 nitrogen and oxygen atoms in total. The third kappa shape index (κ3) is 13.4. The molecule has 0 bridgehead atoms. The lowest BCUT2D eigenvalue weighted by Gasteiger charge is -2.14. The van der Waals surface area contributed by atoms with Crippen LogP contribution in [0.15, 0.2) is 12.7 Å². The van der Waals surface area contributed by atoms with Crippen LogP contribution >= 0.6 is 29.4 Å². The monoisotopic (exact) mass is 543 g/mol. The van der Waals surface area contributed by atoms with Gasteiger partial charge in [0.2, 0.25) is 0 Å². The second kappa shape index (κ2) is 19.4. The first-order valence-corrected chi connectivity index (χ1v) is 17.7. The van der Waals surface area contributed by atoms with Crippen molar-refractivity contribution in [1.29, 1.82) is 0 Å². The number of hydrogen-bond acceptors (Lipinski definition) is 8. The average molecular weight is 544 g/mol. The van der Waals surface area contributed by atoms with Gasteiger partial charge in [-0.25, -0.2) is 15.0 Å². The highest BCUT2D eigenvalue weighted by atomic mass is 33.1. The van der Waals surface area contributed by atoms with Crippen molar-refractivity contribution in [2.75, 3.05) is 29.7 Å². The van der Waals surface area contributed by atoms with Crippen LogP contribution in [0, 0.1) is 0 Å². The number of nitrogens with zero attached hydrogens (tertiary/aromatic N) is 4. The molecule has 0 aliphatic heterocycles. The molecule has 0 aromatic carbocycles. The number of rotatable bonds is 22. The summed E-state index contributed by atoms with van der Waals surface area (Å²) < 4.78 is 20.1. The summed E-state index contributed by atoms with van der Waals surface area (Å²) in [6, 6.07) is 0. The number of nitrogen functional groups attached to an aromatic ring is 1. The van der Waals surface area contributed by atoms with Gasteiger partial charge >= 0.3 is 0 Å². The van der Waals surface area contributed by atoms with Crippen LogP contribution in [0.3, 0.4) is 0 Å². The van der Waals surface area contributed by atoms with Gasteiger partial charge in [0.1, 0.15) is 19.6 Å². The van der Waals surface area contributed by atoms with Crippen molar-refractivity contribution in [1.82, 2.24) is 19.5 Å². The molecule has 0 aliphatic rings. The van der Waals surface area contributed by atoms with E-state index in [1.807, 2.05) is 33.1 Å². The predicted molar refractivity (Wildman–Crippen MR) is 155 cm³/mol. The lowest BCUT2D eigenvalue weighted by atomic mass is 10.1. The fourth-order valence-corrected chi connectivity index (χ4v) is 8.17. The van der Waals surface area contributed by atoms with E-state index in [0.717, 1.165) is 11.9 Å². The largest absolute Gasteiger partial charge is 0.382 e. The number of hydrogen-bond donors (Lipinski definition) is 1. The number of aromatic nitrogens is 4. The van der Waals surface area contributed by atoms with Gasteiger partial charge in [-0.2, -0.15) is 0 Å². The quantitative estimate of drug-likeness (QED) is 0.0931. The van der Waals surface area contributed by atoms with E-state index in [1.54, 1.807) is 6.33 Å². The molecule has 0 radical (unpaired) electrons. The Morgan fingerprint density at radius 2 is 1.57 bits per heavy atom. The summed E-state index contributed by atoms with van der Waals surface area (Å²) in [6.45, 7) is 4.84. The van der Waals surface area contributed by atoms with E-state index in [0.29, 0.717) is 29.9 Å². The van der Waals surface area contributed by atoms with Crippen molar-refractivity contribution in [3.8, 4) is 0 Å². The zero-order valence-electron chi connectivity index (χ0n) is 21.8. The first-order valence-electron chi connectivity index (χ1n) is 13.4. The van der Waals surface area contributed by atoms with Crippen LogP contribution in [0.2, 0.25) is 0 Å². The third-order valence-electron chi connectivity index (χ3n) is 6.04. The molecule has 2 atom stereocenters. The molecule has 10 heteroatoms. The first kappa shape index (κ1) is 30.5. The maximum absolute atomic E-state index is 12.3. The molecule has 0 amide bonds. The molecule has 2 N–H and O–H groups in total. The fourth-order valence-electron chi connectivity index (χ4n) is 3.94. The van der Waals surface area contributed by atoms with Crippen LogP contribution in [0.25, 0.3) is 11.2 Å². The Hall–Kier alpha value is -0.760. The SMILES string of the molecule is CCCCCCCCCCCCCCSSCC[PH](=O)CO[C@H](C)Cn1cnc2c(N)ncnc21. The molecule has 2 aromatic rings. The maximum Gasteiger partial charge on any atom is 0.165 e. The van der Waals surface area contributed by atoms with Gasteiger partial charge in [-0.05, 0) is 13.3 Å². The van der Waals surface area contributed by atoms with Crippen LogP contribution < -0.4 is 5.73 Å². The van der Waals surface area contributed by atoms with E-state index in [1.165, 1.54) is 89.1 Å². The van der Waals surface area contributed by atoms with Crippen molar-refractivity contribution in [2.24, 2.45) is 0 Å². The molecule has 2 heterocycles. The number of ether oxygens (including phenoxy) is 1. The van der Waals surface area contributed by atoms with Crippen LogP contribution in [0.4, 0.5) is 5.82 Å². The van der Waals surface area contributed by atoms with Crippen molar-refractivity contribution in [3.63, 3.8) is 0 Å². The third-order valence-corrected chi connectivity index (χ3v) is 10.2. The number of imidazole rings is 1. The van der Waals surface area contributed by atoms with Crippen molar-refractivity contribution in [2.45, 2.75) is 104 Å². The maximum atomic E-state index is 12.3. The Kier molecular flexibility index (Phi) is 16.9. The van der Waals surface area contributed by atoms with Crippen molar-refractivity contribution < 1.29 is 9.30 Å². The summed E-state index contributed by atoms with van der Waals surface area (Å²) in [5, 5.41) is 0. The summed E-state index contributed by atoms with van der Waals surface area (Å²) >= 11 is 0. The van der Waals surface area contributed by atoms with Crippen LogP contribution in [-0.4, -0.2) is 49.6 Å². The van der Waals surface area contributed by atoms with E-state index in [2.05, 4.69) is 21.9 Å². The van der Waals surface area contributed by atoms with Gasteiger partial charge in [0.15, 0.2) is 11.5 Å².